The lowest BCUT2D eigenvalue weighted by molar-refractivity contribution is -0.137. The monoisotopic (exact) mass is 365 g/mol. The van der Waals surface area contributed by atoms with Gasteiger partial charge in [0.25, 0.3) is 5.91 Å². The van der Waals surface area contributed by atoms with Crippen molar-refractivity contribution in [1.29, 1.82) is 0 Å². The van der Waals surface area contributed by atoms with E-state index in [9.17, 15) is 27.6 Å². The highest BCUT2D eigenvalue weighted by atomic mass is 19.4. The Labute approximate surface area is 146 Å². The number of esters is 1. The van der Waals surface area contributed by atoms with Gasteiger partial charge in [0, 0.05) is 5.56 Å². The van der Waals surface area contributed by atoms with Crippen LogP contribution >= 0.6 is 0 Å². The molecule has 26 heavy (non-hydrogen) atoms. The van der Waals surface area contributed by atoms with Crippen molar-refractivity contribution < 1.29 is 32.3 Å². The summed E-state index contributed by atoms with van der Waals surface area (Å²) in [5, 5.41) is 2.11. The minimum absolute atomic E-state index is 0.103. The Morgan fingerprint density at radius 3 is 2.27 bits per heavy atom. The van der Waals surface area contributed by atoms with E-state index in [-0.39, 0.29) is 5.56 Å². The number of carbonyl (C=O) groups is 3. The lowest BCUT2D eigenvalue weighted by Crippen LogP contribution is -2.30. The van der Waals surface area contributed by atoms with Crippen LogP contribution in [0.1, 0.15) is 33.2 Å². The van der Waals surface area contributed by atoms with Crippen LogP contribution in [0.4, 0.5) is 18.9 Å². The van der Waals surface area contributed by atoms with E-state index in [0.717, 1.165) is 12.1 Å². The average molecular weight is 365 g/mol. The largest absolute Gasteiger partial charge is 0.449 e. The van der Waals surface area contributed by atoms with E-state index in [0.29, 0.717) is 11.8 Å². The summed E-state index contributed by atoms with van der Waals surface area (Å²) in [6.07, 6.45) is -5.36. The van der Waals surface area contributed by atoms with E-state index in [2.05, 4.69) is 5.32 Å². The zero-order valence-corrected chi connectivity index (χ0v) is 13.5. The molecule has 0 radical (unpaired) electrons. The van der Waals surface area contributed by atoms with E-state index in [1.165, 1.54) is 43.3 Å². The molecule has 0 aliphatic rings. The van der Waals surface area contributed by atoms with Crippen molar-refractivity contribution in [3.05, 3.63) is 65.2 Å². The predicted octanol–water partition coefficient (Wildman–Crippen LogP) is 3.70. The number of hydrogen-bond acceptors (Lipinski definition) is 4. The number of amides is 1. The maximum atomic E-state index is 12.9. The lowest BCUT2D eigenvalue weighted by atomic mass is 10.1. The number of anilines is 1. The maximum Gasteiger partial charge on any atom is 0.418 e. The molecular weight excluding hydrogens is 351 g/mol. The second-order valence-electron chi connectivity index (χ2n) is 5.32. The van der Waals surface area contributed by atoms with Crippen LogP contribution < -0.4 is 5.32 Å². The molecule has 8 heteroatoms. The van der Waals surface area contributed by atoms with Gasteiger partial charge < -0.3 is 10.1 Å². The Balaban J connectivity index is 2.06. The Bertz CT molecular complexity index is 816. The Hall–Kier alpha value is -3.16. The molecule has 0 aliphatic heterocycles. The molecule has 1 unspecified atom stereocenters. The first kappa shape index (κ1) is 19.2. The lowest BCUT2D eigenvalue weighted by Gasteiger charge is -2.16. The fraction of sp³-hybridized carbons (Fsp3) is 0.167. The van der Waals surface area contributed by atoms with Crippen LogP contribution in [0.3, 0.4) is 0 Å². The highest BCUT2D eigenvalue weighted by molar-refractivity contribution is 5.98. The topological polar surface area (TPSA) is 72.5 Å². The van der Waals surface area contributed by atoms with Crippen LogP contribution in [0.15, 0.2) is 48.5 Å². The van der Waals surface area contributed by atoms with Crippen LogP contribution in [0.5, 0.6) is 0 Å². The normalized spacial score (nSPS) is 12.2. The summed E-state index contributed by atoms with van der Waals surface area (Å²) in [5.41, 5.74) is -0.971. The molecule has 0 saturated heterocycles. The van der Waals surface area contributed by atoms with Gasteiger partial charge in [-0.1, -0.05) is 24.3 Å². The van der Waals surface area contributed by atoms with Gasteiger partial charge in [-0.05, 0) is 31.2 Å². The summed E-state index contributed by atoms with van der Waals surface area (Å²) in [5.74, 6) is -1.74. The zero-order valence-electron chi connectivity index (χ0n) is 13.5. The molecule has 0 bridgehead atoms. The van der Waals surface area contributed by atoms with Crippen molar-refractivity contribution in [3.8, 4) is 0 Å². The molecule has 1 N–H and O–H groups in total. The highest BCUT2D eigenvalue weighted by Crippen LogP contribution is 2.34. The third-order valence-corrected chi connectivity index (χ3v) is 3.43. The zero-order chi connectivity index (χ0) is 19.3. The third-order valence-electron chi connectivity index (χ3n) is 3.43. The molecule has 2 rings (SSSR count). The van der Waals surface area contributed by atoms with Gasteiger partial charge in [0.1, 0.15) is 6.29 Å². The van der Waals surface area contributed by atoms with Crippen LogP contribution in [0.25, 0.3) is 0 Å². The van der Waals surface area contributed by atoms with Crippen molar-refractivity contribution in [2.45, 2.75) is 19.2 Å². The second-order valence-corrected chi connectivity index (χ2v) is 5.32. The fourth-order valence-electron chi connectivity index (χ4n) is 2.05. The number of ether oxygens (including phenoxy) is 1. The van der Waals surface area contributed by atoms with Crippen molar-refractivity contribution in [3.63, 3.8) is 0 Å². The molecule has 0 saturated carbocycles. The summed E-state index contributed by atoms with van der Waals surface area (Å²) >= 11 is 0. The van der Waals surface area contributed by atoms with E-state index in [1.807, 2.05) is 0 Å². The Morgan fingerprint density at radius 2 is 1.69 bits per heavy atom. The van der Waals surface area contributed by atoms with E-state index < -0.39 is 35.4 Å². The standard InChI is InChI=1S/C18H14F3NO4/c1-11(26-17(25)13-8-6-12(10-23)7-9-13)16(24)22-15-5-3-2-4-14(15)18(19,20)21/h2-11H,1H3,(H,22,24). The summed E-state index contributed by atoms with van der Waals surface area (Å²) in [4.78, 5) is 34.6. The van der Waals surface area contributed by atoms with Crippen molar-refractivity contribution in [1.82, 2.24) is 0 Å². The predicted molar refractivity (Wildman–Crippen MR) is 86.8 cm³/mol. The number of hydrogen-bond donors (Lipinski definition) is 1. The highest BCUT2D eigenvalue weighted by Gasteiger charge is 2.34. The van der Waals surface area contributed by atoms with E-state index in [1.54, 1.807) is 0 Å². The van der Waals surface area contributed by atoms with Gasteiger partial charge in [-0.3, -0.25) is 9.59 Å². The van der Waals surface area contributed by atoms with Gasteiger partial charge in [-0.15, -0.1) is 0 Å². The minimum Gasteiger partial charge on any atom is -0.449 e. The van der Waals surface area contributed by atoms with Crippen molar-refractivity contribution in [2.75, 3.05) is 5.32 Å². The molecule has 0 heterocycles. The number of rotatable bonds is 5. The molecule has 136 valence electrons. The quantitative estimate of drug-likeness (QED) is 0.648. The molecule has 0 fully saturated rings. The summed E-state index contributed by atoms with van der Waals surface area (Å²) in [7, 11) is 0. The van der Waals surface area contributed by atoms with E-state index >= 15 is 0 Å². The summed E-state index contributed by atoms with van der Waals surface area (Å²) in [6, 6.07) is 9.96. The second kappa shape index (κ2) is 7.81. The summed E-state index contributed by atoms with van der Waals surface area (Å²) in [6.45, 7) is 1.24. The van der Waals surface area contributed by atoms with Gasteiger partial charge in [-0.25, -0.2) is 4.79 Å². The molecule has 0 aromatic heterocycles. The third kappa shape index (κ3) is 4.69. The van der Waals surface area contributed by atoms with Crippen molar-refractivity contribution >= 4 is 23.9 Å². The fourth-order valence-corrected chi connectivity index (χ4v) is 2.05. The van der Waals surface area contributed by atoms with Crippen molar-refractivity contribution in [2.24, 2.45) is 0 Å². The number of aldehydes is 1. The Kier molecular flexibility index (Phi) is 5.76. The summed E-state index contributed by atoms with van der Waals surface area (Å²) < 4.78 is 43.7. The van der Waals surface area contributed by atoms with Gasteiger partial charge in [0.15, 0.2) is 6.10 Å². The number of benzene rings is 2. The number of para-hydroxylation sites is 1. The van der Waals surface area contributed by atoms with Gasteiger partial charge >= 0.3 is 12.1 Å². The smallest absolute Gasteiger partial charge is 0.418 e. The molecule has 2 aromatic carbocycles. The van der Waals surface area contributed by atoms with Gasteiger partial charge in [-0.2, -0.15) is 13.2 Å². The maximum absolute atomic E-state index is 12.9. The first-order valence-corrected chi connectivity index (χ1v) is 7.45. The van der Waals surface area contributed by atoms with Crippen LogP contribution in [-0.4, -0.2) is 24.3 Å². The van der Waals surface area contributed by atoms with Crippen LogP contribution in [0.2, 0.25) is 0 Å². The first-order valence-electron chi connectivity index (χ1n) is 7.45. The molecule has 2 aromatic rings. The van der Waals surface area contributed by atoms with Crippen LogP contribution in [-0.2, 0) is 15.7 Å². The molecule has 1 amide bonds. The number of halogens is 3. The SMILES string of the molecule is CC(OC(=O)c1ccc(C=O)cc1)C(=O)Nc1ccccc1C(F)(F)F. The number of carbonyl (C=O) groups excluding carboxylic acids is 3. The minimum atomic E-state index is -4.63. The number of alkyl halides is 3. The average Bonchev–Trinajstić information content (AvgIpc) is 2.61. The Morgan fingerprint density at radius 1 is 1.08 bits per heavy atom. The van der Waals surface area contributed by atoms with Gasteiger partial charge in [0.05, 0.1) is 16.8 Å². The molecule has 0 aliphatic carbocycles. The molecule has 0 spiro atoms. The molecule has 1 atom stereocenters. The molecule has 5 nitrogen and oxygen atoms in total. The van der Waals surface area contributed by atoms with Crippen LogP contribution in [0, 0.1) is 0 Å². The van der Waals surface area contributed by atoms with Gasteiger partial charge in [0.2, 0.25) is 0 Å². The number of nitrogens with one attached hydrogen (secondary N) is 1. The van der Waals surface area contributed by atoms with E-state index in [4.69, 9.17) is 4.74 Å². The molecular formula is C18H14F3NO4. The first-order chi connectivity index (χ1) is 12.2.